The van der Waals surface area contributed by atoms with Crippen LogP contribution in [-0.2, 0) is 0 Å². The quantitative estimate of drug-likeness (QED) is 0.256. The van der Waals surface area contributed by atoms with Gasteiger partial charge in [-0.25, -0.2) is 15.5 Å². The number of amides is 2. The third-order valence-electron chi connectivity index (χ3n) is 1.86. The number of quaternary nitrogens is 1. The second kappa shape index (κ2) is 2.26. The summed E-state index contributed by atoms with van der Waals surface area (Å²) in [7, 11) is 3.19. The Kier molecular flexibility index (Phi) is 1.67. The van der Waals surface area contributed by atoms with Crippen LogP contribution in [0.1, 0.15) is 0 Å². The summed E-state index contributed by atoms with van der Waals surface area (Å²) in [4.78, 5) is 12.6. The molecule has 1 heterocycles. The maximum Gasteiger partial charge on any atom is 0.445 e. The maximum absolute atomic E-state index is 11.3. The van der Waals surface area contributed by atoms with Crippen molar-refractivity contribution < 1.29 is 9.39 Å². The Morgan fingerprint density at radius 1 is 1.82 bits per heavy atom. The van der Waals surface area contributed by atoms with Crippen molar-refractivity contribution >= 4 is 11.9 Å². The third-order valence-corrected chi connectivity index (χ3v) is 1.86. The normalized spacial score (nSPS) is 31.7. The molecule has 1 atom stereocenters. The van der Waals surface area contributed by atoms with Crippen LogP contribution in [0.4, 0.5) is 4.79 Å². The molecular formula is C5H12N5O+. The second-order valence-corrected chi connectivity index (χ2v) is 2.77. The number of nitrogens with two attached hydrogens (primary N) is 1. The molecule has 1 fully saturated rings. The van der Waals surface area contributed by atoms with Crippen molar-refractivity contribution in [3.8, 4) is 0 Å². The molecule has 0 aromatic rings. The Morgan fingerprint density at radius 3 is 2.55 bits per heavy atom. The van der Waals surface area contributed by atoms with Gasteiger partial charge in [0.15, 0.2) is 12.4 Å². The largest absolute Gasteiger partial charge is 0.445 e. The van der Waals surface area contributed by atoms with Crippen LogP contribution >= 0.6 is 0 Å². The Bertz CT molecular complexity index is 215. The molecule has 11 heavy (non-hydrogen) atoms. The highest BCUT2D eigenvalue weighted by Gasteiger charge is 2.45. The number of carbonyl (C=O) groups is 1. The molecule has 1 unspecified atom stereocenters. The minimum atomic E-state index is -0.211. The summed E-state index contributed by atoms with van der Waals surface area (Å²) in [5, 5.41) is 7.34. The summed E-state index contributed by atoms with van der Waals surface area (Å²) >= 11 is 0. The van der Waals surface area contributed by atoms with Gasteiger partial charge < -0.3 is 0 Å². The topological polar surface area (TPSA) is 82.2 Å². The molecule has 1 saturated heterocycles. The summed E-state index contributed by atoms with van der Waals surface area (Å²) in [6.45, 7) is 0.297. The highest BCUT2D eigenvalue weighted by Crippen LogP contribution is 2.11. The number of hydrogen-bond acceptors (Lipinski definition) is 4. The molecule has 0 aromatic heterocycles. The van der Waals surface area contributed by atoms with Crippen LogP contribution < -0.4 is 11.4 Å². The molecule has 62 valence electrons. The fourth-order valence-electron chi connectivity index (χ4n) is 1.02. The van der Waals surface area contributed by atoms with Crippen molar-refractivity contribution in [1.82, 2.24) is 10.4 Å². The van der Waals surface area contributed by atoms with E-state index in [1.807, 2.05) is 0 Å². The van der Waals surface area contributed by atoms with E-state index in [9.17, 15) is 4.79 Å². The molecule has 1 aliphatic heterocycles. The van der Waals surface area contributed by atoms with Gasteiger partial charge in [0.2, 0.25) is 0 Å². The number of hydrogen-bond donors (Lipinski definition) is 3. The van der Waals surface area contributed by atoms with E-state index < -0.39 is 0 Å². The van der Waals surface area contributed by atoms with Gasteiger partial charge in [0, 0.05) is 7.05 Å². The van der Waals surface area contributed by atoms with E-state index in [0.29, 0.717) is 6.54 Å². The Labute approximate surface area is 64.6 Å². The number of amidine groups is 1. The minimum absolute atomic E-state index is 0.130. The second-order valence-electron chi connectivity index (χ2n) is 2.77. The molecule has 0 radical (unpaired) electrons. The average Bonchev–Trinajstić information content (AvgIpc) is 2.17. The highest BCUT2D eigenvalue weighted by molar-refractivity contribution is 5.98. The van der Waals surface area contributed by atoms with E-state index >= 15 is 0 Å². The maximum atomic E-state index is 11.3. The van der Waals surface area contributed by atoms with Crippen molar-refractivity contribution in [1.29, 1.82) is 5.41 Å². The van der Waals surface area contributed by atoms with Crippen LogP contribution in [0, 0.1) is 5.41 Å². The van der Waals surface area contributed by atoms with Crippen molar-refractivity contribution in [3.05, 3.63) is 0 Å². The molecule has 0 bridgehead atoms. The van der Waals surface area contributed by atoms with Crippen molar-refractivity contribution in [2.45, 2.75) is 0 Å². The van der Waals surface area contributed by atoms with E-state index in [-0.39, 0.29) is 16.5 Å². The van der Waals surface area contributed by atoms with Gasteiger partial charge >= 0.3 is 6.03 Å². The van der Waals surface area contributed by atoms with Crippen molar-refractivity contribution in [2.75, 3.05) is 20.6 Å². The first-order valence-electron chi connectivity index (χ1n) is 3.20. The van der Waals surface area contributed by atoms with E-state index in [2.05, 4.69) is 5.53 Å². The summed E-state index contributed by atoms with van der Waals surface area (Å²) in [5.74, 6) is 5.43. The van der Waals surface area contributed by atoms with Gasteiger partial charge in [0.05, 0.1) is 7.05 Å². The number of hydrazine groups is 1. The predicted octanol–water partition coefficient (Wildman–Crippen LogP) is -1.15. The van der Waals surface area contributed by atoms with Gasteiger partial charge in [0.25, 0.3) is 0 Å². The molecule has 0 saturated carbocycles. The summed E-state index contributed by atoms with van der Waals surface area (Å²) in [6.07, 6.45) is 0. The summed E-state index contributed by atoms with van der Waals surface area (Å²) in [6, 6.07) is -0.211. The molecule has 6 heteroatoms. The van der Waals surface area contributed by atoms with Crippen LogP contribution in [0.5, 0.6) is 0 Å². The zero-order chi connectivity index (χ0) is 8.65. The minimum Gasteiger partial charge on any atom is -0.283 e. The lowest BCUT2D eigenvalue weighted by molar-refractivity contribution is -0.865. The monoisotopic (exact) mass is 158 g/mol. The number of urea groups is 1. The third kappa shape index (κ3) is 1.01. The van der Waals surface area contributed by atoms with Crippen LogP contribution in [0.15, 0.2) is 0 Å². The SMILES string of the molecule is CN1C(=N)C[N+](C)(NN)C1=O. The van der Waals surface area contributed by atoms with Gasteiger partial charge in [-0.15, -0.1) is 4.59 Å². The van der Waals surface area contributed by atoms with Crippen LogP contribution in [0.25, 0.3) is 0 Å². The average molecular weight is 158 g/mol. The molecular weight excluding hydrogens is 146 g/mol. The smallest absolute Gasteiger partial charge is 0.283 e. The Hall–Kier alpha value is -0.980. The number of carbonyl (C=O) groups excluding carboxylic acids is 1. The van der Waals surface area contributed by atoms with Crippen molar-refractivity contribution in [3.63, 3.8) is 0 Å². The fraction of sp³-hybridized carbons (Fsp3) is 0.600. The lowest BCUT2D eigenvalue weighted by Crippen LogP contribution is -2.60. The lowest BCUT2D eigenvalue weighted by Gasteiger charge is -2.20. The molecule has 0 spiro atoms. The predicted molar refractivity (Wildman–Crippen MR) is 39.3 cm³/mol. The summed E-state index contributed by atoms with van der Waals surface area (Å²) in [5.41, 5.74) is 2.36. The number of nitrogens with zero attached hydrogens (tertiary/aromatic N) is 2. The standard InChI is InChI=1S/C5H12N5O/c1-9-4(6)3-10(2,8-7)5(9)11/h6,8H,3,7H2,1-2H3/q+1. The zero-order valence-corrected chi connectivity index (χ0v) is 6.59. The van der Waals surface area contributed by atoms with Gasteiger partial charge in [0.1, 0.15) is 0 Å². The van der Waals surface area contributed by atoms with Crippen LogP contribution in [0.3, 0.4) is 0 Å². The zero-order valence-electron chi connectivity index (χ0n) is 6.59. The van der Waals surface area contributed by atoms with E-state index in [0.717, 1.165) is 0 Å². The van der Waals surface area contributed by atoms with Gasteiger partial charge in [-0.05, 0) is 0 Å². The van der Waals surface area contributed by atoms with E-state index in [1.165, 1.54) is 4.90 Å². The lowest BCUT2D eigenvalue weighted by atomic mass is 10.6. The number of likely N-dealkylation sites (N-methyl/N-ethyl adjacent to an activating group) is 2. The molecule has 4 N–H and O–H groups in total. The van der Waals surface area contributed by atoms with E-state index in [4.69, 9.17) is 11.3 Å². The highest BCUT2D eigenvalue weighted by atomic mass is 16.2. The Morgan fingerprint density at radius 2 is 2.36 bits per heavy atom. The van der Waals surface area contributed by atoms with E-state index in [1.54, 1.807) is 14.1 Å². The molecule has 1 aliphatic rings. The summed E-state index contributed by atoms with van der Waals surface area (Å²) < 4.78 is -0.130. The van der Waals surface area contributed by atoms with Gasteiger partial charge in [-0.1, -0.05) is 5.53 Å². The first kappa shape index (κ1) is 8.12. The first-order chi connectivity index (χ1) is 5.01. The Balaban J connectivity index is 2.91. The van der Waals surface area contributed by atoms with Crippen LogP contribution in [0.2, 0.25) is 0 Å². The number of nitrogens with one attached hydrogen (secondary N) is 2. The van der Waals surface area contributed by atoms with Crippen LogP contribution in [-0.4, -0.2) is 42.0 Å². The molecule has 2 amide bonds. The van der Waals surface area contributed by atoms with Crippen molar-refractivity contribution in [2.24, 2.45) is 5.84 Å². The fourth-order valence-corrected chi connectivity index (χ4v) is 1.02. The molecule has 0 aromatic carbocycles. The molecule has 0 aliphatic carbocycles. The molecule has 6 nitrogen and oxygen atoms in total. The van der Waals surface area contributed by atoms with Gasteiger partial charge in [-0.2, -0.15) is 0 Å². The van der Waals surface area contributed by atoms with Gasteiger partial charge in [-0.3, -0.25) is 5.41 Å². The molecule has 1 rings (SSSR count). The number of rotatable bonds is 1. The first-order valence-corrected chi connectivity index (χ1v) is 3.20.